The molecule has 4 nitrogen and oxygen atoms in total. The lowest BCUT2D eigenvalue weighted by Gasteiger charge is -2.09. The average Bonchev–Trinajstić information content (AvgIpc) is 2.75. The Morgan fingerprint density at radius 3 is 2.79 bits per heavy atom. The number of halogens is 2. The van der Waals surface area contributed by atoms with E-state index in [1.807, 2.05) is 19.1 Å². The number of nitro groups is 1. The summed E-state index contributed by atoms with van der Waals surface area (Å²) in [7, 11) is 0. The third kappa shape index (κ3) is 3.46. The second kappa shape index (κ2) is 5.90. The fraction of sp³-hybridized carbons (Fsp3) is 0.167. The molecule has 0 unspecified atom stereocenters. The normalized spacial score (nSPS) is 10.5. The zero-order valence-corrected chi connectivity index (χ0v) is 13.1. The van der Waals surface area contributed by atoms with Crippen molar-refractivity contribution < 1.29 is 4.92 Å². The summed E-state index contributed by atoms with van der Waals surface area (Å²) in [4.78, 5) is 11.5. The number of aryl methyl sites for hydroxylation is 1. The van der Waals surface area contributed by atoms with E-state index in [0.717, 1.165) is 15.0 Å². The Morgan fingerprint density at radius 1 is 1.47 bits per heavy atom. The highest BCUT2D eigenvalue weighted by molar-refractivity contribution is 9.11. The second-order valence-electron chi connectivity index (χ2n) is 3.94. The molecule has 0 bridgehead atoms. The molecule has 0 radical (unpaired) electrons. The number of hydrogen-bond donors (Lipinski definition) is 1. The van der Waals surface area contributed by atoms with Gasteiger partial charge in [-0.2, -0.15) is 0 Å². The van der Waals surface area contributed by atoms with Crippen molar-refractivity contribution in [3.8, 4) is 0 Å². The third-order valence-corrected chi connectivity index (χ3v) is 4.50. The summed E-state index contributed by atoms with van der Waals surface area (Å²) in [6, 6.07) is 7.08. The first-order valence-corrected chi connectivity index (χ1v) is 7.38. The van der Waals surface area contributed by atoms with Crippen LogP contribution in [-0.2, 0) is 6.54 Å². The van der Waals surface area contributed by atoms with Crippen LogP contribution in [0.4, 0.5) is 11.4 Å². The molecule has 2 rings (SSSR count). The number of anilines is 1. The lowest BCUT2D eigenvalue weighted by atomic mass is 10.1. The van der Waals surface area contributed by atoms with Gasteiger partial charge in [-0.3, -0.25) is 10.1 Å². The maximum Gasteiger partial charge on any atom is 0.288 e. The van der Waals surface area contributed by atoms with Crippen LogP contribution in [0.3, 0.4) is 0 Å². The number of hydrogen-bond acceptors (Lipinski definition) is 4. The lowest BCUT2D eigenvalue weighted by molar-refractivity contribution is -0.384. The molecule has 1 heterocycles. The molecule has 0 aliphatic heterocycles. The van der Waals surface area contributed by atoms with Crippen LogP contribution in [0, 0.1) is 17.0 Å². The van der Waals surface area contributed by atoms with E-state index in [1.54, 1.807) is 17.4 Å². The van der Waals surface area contributed by atoms with Crippen LogP contribution >= 0.6 is 38.9 Å². The van der Waals surface area contributed by atoms with Crippen molar-refractivity contribution in [3.63, 3.8) is 0 Å². The van der Waals surface area contributed by atoms with Crippen LogP contribution < -0.4 is 5.32 Å². The van der Waals surface area contributed by atoms with Crippen LogP contribution in [0.2, 0.25) is 5.02 Å². The molecule has 1 aromatic heterocycles. The Balaban J connectivity index is 2.17. The molecule has 0 fully saturated rings. The van der Waals surface area contributed by atoms with Crippen LogP contribution in [-0.4, -0.2) is 4.92 Å². The summed E-state index contributed by atoms with van der Waals surface area (Å²) in [6.45, 7) is 2.47. The fourth-order valence-corrected chi connectivity index (χ4v) is 3.28. The monoisotopic (exact) mass is 360 g/mol. The van der Waals surface area contributed by atoms with Gasteiger partial charge >= 0.3 is 0 Å². The standard InChI is InChI=1S/C12H10BrClN2O2S/c1-7-4-11(16(17)18)9(14)5-10(7)15-6-8-2-3-12(13)19-8/h2-5,15H,6H2,1H3. The summed E-state index contributed by atoms with van der Waals surface area (Å²) in [6.07, 6.45) is 0. The molecule has 0 atom stereocenters. The van der Waals surface area contributed by atoms with Gasteiger partial charge in [0.05, 0.1) is 8.71 Å². The molecule has 0 spiro atoms. The second-order valence-corrected chi connectivity index (χ2v) is 6.89. The Hall–Kier alpha value is -1.11. The van der Waals surface area contributed by atoms with Gasteiger partial charge in [-0.25, -0.2) is 0 Å². The molecule has 1 N–H and O–H groups in total. The number of nitrogens with one attached hydrogen (secondary N) is 1. The maximum atomic E-state index is 10.8. The molecule has 0 saturated heterocycles. The largest absolute Gasteiger partial charge is 0.380 e. The van der Waals surface area contributed by atoms with Crippen molar-refractivity contribution in [2.45, 2.75) is 13.5 Å². The van der Waals surface area contributed by atoms with Crippen LogP contribution in [0.15, 0.2) is 28.1 Å². The minimum atomic E-state index is -0.477. The van der Waals surface area contributed by atoms with Gasteiger partial charge in [0, 0.05) is 23.2 Å². The highest BCUT2D eigenvalue weighted by atomic mass is 79.9. The van der Waals surface area contributed by atoms with Gasteiger partial charge in [-0.15, -0.1) is 11.3 Å². The molecule has 100 valence electrons. The first-order chi connectivity index (χ1) is 8.97. The van der Waals surface area contributed by atoms with E-state index in [2.05, 4.69) is 21.2 Å². The first-order valence-electron chi connectivity index (χ1n) is 5.40. The van der Waals surface area contributed by atoms with Crippen molar-refractivity contribution >= 4 is 50.2 Å². The van der Waals surface area contributed by atoms with Crippen molar-refractivity contribution in [1.29, 1.82) is 0 Å². The predicted octanol–water partition coefficient (Wildman–Crippen LogP) is 4.99. The quantitative estimate of drug-likeness (QED) is 0.616. The molecular weight excluding hydrogens is 352 g/mol. The predicted molar refractivity (Wildman–Crippen MR) is 82.2 cm³/mol. The van der Waals surface area contributed by atoms with E-state index in [4.69, 9.17) is 11.6 Å². The molecule has 2 aromatic rings. The lowest BCUT2D eigenvalue weighted by Crippen LogP contribution is -2.00. The summed E-state index contributed by atoms with van der Waals surface area (Å²) in [5.41, 5.74) is 1.54. The van der Waals surface area contributed by atoms with E-state index in [1.165, 1.54) is 10.9 Å². The van der Waals surface area contributed by atoms with Crippen molar-refractivity contribution in [2.24, 2.45) is 0 Å². The van der Waals surface area contributed by atoms with E-state index < -0.39 is 4.92 Å². The molecule has 0 aliphatic rings. The molecule has 0 aliphatic carbocycles. The van der Waals surface area contributed by atoms with Crippen molar-refractivity contribution in [1.82, 2.24) is 0 Å². The summed E-state index contributed by atoms with van der Waals surface area (Å²) in [5, 5.41) is 14.1. The highest BCUT2D eigenvalue weighted by Crippen LogP contribution is 2.31. The van der Waals surface area contributed by atoms with Gasteiger partial charge in [0.15, 0.2) is 0 Å². The van der Waals surface area contributed by atoms with Gasteiger partial charge in [0.25, 0.3) is 5.69 Å². The molecule has 0 saturated carbocycles. The van der Waals surface area contributed by atoms with Gasteiger partial charge in [0.2, 0.25) is 0 Å². The van der Waals surface area contributed by atoms with Gasteiger partial charge in [-0.1, -0.05) is 11.6 Å². The Kier molecular flexibility index (Phi) is 4.44. The van der Waals surface area contributed by atoms with E-state index >= 15 is 0 Å². The molecule has 19 heavy (non-hydrogen) atoms. The number of rotatable bonds is 4. The van der Waals surface area contributed by atoms with Gasteiger partial charge < -0.3 is 5.32 Å². The fourth-order valence-electron chi connectivity index (χ4n) is 1.63. The Morgan fingerprint density at radius 2 is 2.21 bits per heavy atom. The van der Waals surface area contributed by atoms with Crippen molar-refractivity contribution in [3.05, 3.63) is 53.6 Å². The smallest absolute Gasteiger partial charge is 0.288 e. The zero-order valence-electron chi connectivity index (χ0n) is 9.94. The molecule has 0 amide bonds. The SMILES string of the molecule is Cc1cc([N+](=O)[O-])c(Cl)cc1NCc1ccc(Br)s1. The van der Waals surface area contributed by atoms with Crippen molar-refractivity contribution in [2.75, 3.05) is 5.32 Å². The summed E-state index contributed by atoms with van der Waals surface area (Å²) < 4.78 is 1.07. The number of thiophene rings is 1. The van der Waals surface area contributed by atoms with Gasteiger partial charge in [0.1, 0.15) is 5.02 Å². The summed E-state index contributed by atoms with van der Waals surface area (Å²) in [5.74, 6) is 0. The Bertz CT molecular complexity index is 630. The van der Waals surface area contributed by atoms with Gasteiger partial charge in [-0.05, 0) is 46.6 Å². The van der Waals surface area contributed by atoms with Crippen LogP contribution in [0.5, 0.6) is 0 Å². The van der Waals surface area contributed by atoms with E-state index in [0.29, 0.717) is 6.54 Å². The topological polar surface area (TPSA) is 55.2 Å². The first kappa shape index (κ1) is 14.3. The Labute approximate surface area is 127 Å². The number of nitro benzene ring substituents is 1. The zero-order chi connectivity index (χ0) is 14.0. The number of nitrogens with zero attached hydrogens (tertiary/aromatic N) is 1. The minimum absolute atomic E-state index is 0.0661. The highest BCUT2D eigenvalue weighted by Gasteiger charge is 2.14. The van der Waals surface area contributed by atoms with E-state index in [-0.39, 0.29) is 10.7 Å². The maximum absolute atomic E-state index is 10.8. The number of benzene rings is 1. The minimum Gasteiger partial charge on any atom is -0.380 e. The molecule has 7 heteroatoms. The third-order valence-electron chi connectivity index (χ3n) is 2.57. The molecular formula is C12H10BrClN2O2S. The summed E-state index contributed by atoms with van der Waals surface area (Å²) >= 11 is 10.9. The molecule has 1 aromatic carbocycles. The van der Waals surface area contributed by atoms with E-state index in [9.17, 15) is 10.1 Å². The van der Waals surface area contributed by atoms with Crippen LogP contribution in [0.25, 0.3) is 0 Å². The average molecular weight is 362 g/mol. The van der Waals surface area contributed by atoms with Crippen LogP contribution in [0.1, 0.15) is 10.4 Å².